The Hall–Kier alpha value is -2.30. The minimum Gasteiger partial charge on any atom is -0.348 e. The molecule has 2 aliphatic rings. The zero-order valence-corrected chi connectivity index (χ0v) is 14.8. The molecule has 1 saturated heterocycles. The van der Waals surface area contributed by atoms with Gasteiger partial charge in [-0.05, 0) is 38.1 Å². The van der Waals surface area contributed by atoms with Crippen molar-refractivity contribution in [2.24, 2.45) is 0 Å². The number of fused-ring (bicyclic) bond motifs is 2. The van der Waals surface area contributed by atoms with Crippen LogP contribution in [0.15, 0.2) is 35.5 Å². The van der Waals surface area contributed by atoms with E-state index in [1.165, 1.54) is 24.3 Å². The lowest BCUT2D eigenvalue weighted by molar-refractivity contribution is -0.384. The molecule has 3 heterocycles. The van der Waals surface area contributed by atoms with Crippen molar-refractivity contribution in [2.75, 3.05) is 19.6 Å². The number of hydrogen-bond donors (Lipinski definition) is 2. The summed E-state index contributed by atoms with van der Waals surface area (Å²) >= 11 is 0. The summed E-state index contributed by atoms with van der Waals surface area (Å²) in [4.78, 5) is 18.0. The smallest absolute Gasteiger partial charge is 0.269 e. The van der Waals surface area contributed by atoms with Crippen molar-refractivity contribution >= 4 is 15.7 Å². The van der Waals surface area contributed by atoms with E-state index in [1.807, 2.05) is 0 Å². The Balaban J connectivity index is 1.78. The number of H-pyrrole nitrogens is 1. The number of sulfonamides is 1. The molecule has 0 atom stereocenters. The zero-order valence-electron chi connectivity index (χ0n) is 14.0. The number of nitro groups is 1. The van der Waals surface area contributed by atoms with Gasteiger partial charge in [-0.3, -0.25) is 10.1 Å². The second kappa shape index (κ2) is 6.15. The molecule has 0 unspecified atom stereocenters. The quantitative estimate of drug-likeness (QED) is 0.611. The maximum absolute atomic E-state index is 13.4. The van der Waals surface area contributed by atoms with Crippen LogP contribution in [0.25, 0.3) is 0 Å². The summed E-state index contributed by atoms with van der Waals surface area (Å²) in [5.74, 6) is 0. The van der Waals surface area contributed by atoms with Gasteiger partial charge in [0.15, 0.2) is 0 Å². The van der Waals surface area contributed by atoms with Crippen LogP contribution in [0, 0.1) is 10.1 Å². The first-order valence-corrected chi connectivity index (χ1v) is 9.90. The molecule has 1 fully saturated rings. The number of hydrogen-bond acceptors (Lipinski definition) is 6. The van der Waals surface area contributed by atoms with Crippen molar-refractivity contribution in [1.29, 1.82) is 0 Å². The molecular weight excluding hydrogens is 358 g/mol. The summed E-state index contributed by atoms with van der Waals surface area (Å²) in [6.07, 6.45) is 3.46. The molecule has 4 rings (SSSR count). The SMILES string of the molecule is O=[N+]([O-])c1ccc(S(=O)(=O)N2CCc3[nH]cnc3C23CCNCC3)cc1. The number of non-ortho nitro benzene ring substituents is 1. The summed E-state index contributed by atoms with van der Waals surface area (Å²) in [5.41, 5.74) is 0.978. The highest BCUT2D eigenvalue weighted by atomic mass is 32.2. The van der Waals surface area contributed by atoms with Crippen molar-refractivity contribution in [3.8, 4) is 0 Å². The minimum atomic E-state index is -3.80. The Morgan fingerprint density at radius 2 is 1.88 bits per heavy atom. The van der Waals surface area contributed by atoms with Crippen molar-refractivity contribution in [2.45, 2.75) is 29.7 Å². The maximum Gasteiger partial charge on any atom is 0.269 e. The van der Waals surface area contributed by atoms with E-state index in [0.717, 1.165) is 11.4 Å². The Bertz CT molecular complexity index is 932. The summed E-state index contributed by atoms with van der Waals surface area (Å²) < 4.78 is 28.3. The van der Waals surface area contributed by atoms with Crippen LogP contribution in [0.2, 0.25) is 0 Å². The summed E-state index contributed by atoms with van der Waals surface area (Å²) in [6.45, 7) is 1.77. The first-order chi connectivity index (χ1) is 12.4. The molecule has 9 nitrogen and oxygen atoms in total. The van der Waals surface area contributed by atoms with Crippen molar-refractivity contribution < 1.29 is 13.3 Å². The lowest BCUT2D eigenvalue weighted by atomic mass is 9.81. The normalized spacial score (nSPS) is 20.0. The highest BCUT2D eigenvalue weighted by Crippen LogP contribution is 2.43. The number of aromatic amines is 1. The van der Waals surface area contributed by atoms with E-state index in [9.17, 15) is 18.5 Å². The van der Waals surface area contributed by atoms with Crippen LogP contribution in [0.3, 0.4) is 0 Å². The standard InChI is InChI=1S/C16H19N5O4S/c22-21(23)12-1-3-13(4-2-12)26(24,25)20-10-5-14-15(19-11-18-14)16(20)6-8-17-9-7-16/h1-4,11,17H,5-10H2,(H,18,19). The summed E-state index contributed by atoms with van der Waals surface area (Å²) in [7, 11) is -3.80. The second-order valence-corrected chi connectivity index (χ2v) is 8.45. The molecule has 0 bridgehead atoms. The number of piperidine rings is 1. The molecule has 0 saturated carbocycles. The number of nitrogens with zero attached hydrogens (tertiary/aromatic N) is 3. The maximum atomic E-state index is 13.4. The Morgan fingerprint density at radius 1 is 1.19 bits per heavy atom. The van der Waals surface area contributed by atoms with E-state index in [-0.39, 0.29) is 10.6 Å². The topological polar surface area (TPSA) is 121 Å². The largest absolute Gasteiger partial charge is 0.348 e. The monoisotopic (exact) mass is 377 g/mol. The molecule has 0 aliphatic carbocycles. The van der Waals surface area contributed by atoms with Crippen LogP contribution in [-0.2, 0) is 22.0 Å². The predicted molar refractivity (Wildman–Crippen MR) is 93.1 cm³/mol. The van der Waals surface area contributed by atoms with E-state index in [2.05, 4.69) is 15.3 Å². The van der Waals surface area contributed by atoms with Crippen LogP contribution < -0.4 is 5.32 Å². The number of nitrogens with one attached hydrogen (secondary N) is 2. The zero-order chi connectivity index (χ0) is 18.4. The molecule has 2 aromatic rings. The second-order valence-electron chi connectivity index (χ2n) is 6.59. The molecule has 2 N–H and O–H groups in total. The average Bonchev–Trinajstić information content (AvgIpc) is 3.13. The average molecular weight is 377 g/mol. The predicted octanol–water partition coefficient (Wildman–Crippen LogP) is 1.14. The Morgan fingerprint density at radius 3 is 2.54 bits per heavy atom. The Labute approximate surface area is 150 Å². The van der Waals surface area contributed by atoms with Gasteiger partial charge in [0.25, 0.3) is 5.69 Å². The fraction of sp³-hybridized carbons (Fsp3) is 0.438. The molecule has 1 aromatic heterocycles. The van der Waals surface area contributed by atoms with E-state index in [0.29, 0.717) is 38.9 Å². The van der Waals surface area contributed by atoms with E-state index in [4.69, 9.17) is 0 Å². The molecule has 138 valence electrons. The number of aromatic nitrogens is 2. The van der Waals surface area contributed by atoms with E-state index in [1.54, 1.807) is 10.6 Å². The van der Waals surface area contributed by atoms with Gasteiger partial charge in [-0.15, -0.1) is 0 Å². The number of imidazole rings is 1. The van der Waals surface area contributed by atoms with Gasteiger partial charge < -0.3 is 10.3 Å². The lowest BCUT2D eigenvalue weighted by Crippen LogP contribution is -2.57. The van der Waals surface area contributed by atoms with Crippen molar-refractivity contribution in [3.05, 3.63) is 52.1 Å². The highest BCUT2D eigenvalue weighted by Gasteiger charge is 2.50. The third kappa shape index (κ3) is 2.52. The molecule has 1 aromatic carbocycles. The van der Waals surface area contributed by atoms with Gasteiger partial charge in [0.1, 0.15) is 0 Å². The summed E-state index contributed by atoms with van der Waals surface area (Å²) in [6, 6.07) is 5.07. The molecular formula is C16H19N5O4S. The number of benzene rings is 1. The lowest BCUT2D eigenvalue weighted by Gasteiger charge is -2.47. The third-order valence-electron chi connectivity index (χ3n) is 5.27. The van der Waals surface area contributed by atoms with Crippen LogP contribution in [0.5, 0.6) is 0 Å². The molecule has 10 heteroatoms. The van der Waals surface area contributed by atoms with Crippen molar-refractivity contribution in [1.82, 2.24) is 19.6 Å². The van der Waals surface area contributed by atoms with Gasteiger partial charge in [0.2, 0.25) is 10.0 Å². The fourth-order valence-corrected chi connectivity index (χ4v) is 5.80. The molecule has 0 radical (unpaired) electrons. The fourth-order valence-electron chi connectivity index (χ4n) is 4.00. The number of rotatable bonds is 3. The first-order valence-electron chi connectivity index (χ1n) is 8.46. The molecule has 2 aliphatic heterocycles. The first kappa shape index (κ1) is 17.1. The molecule has 1 spiro atoms. The number of nitro benzene ring substituents is 1. The van der Waals surface area contributed by atoms with Gasteiger partial charge in [-0.25, -0.2) is 13.4 Å². The van der Waals surface area contributed by atoms with E-state index >= 15 is 0 Å². The van der Waals surface area contributed by atoms with Crippen LogP contribution in [0.4, 0.5) is 5.69 Å². The van der Waals surface area contributed by atoms with Gasteiger partial charge >= 0.3 is 0 Å². The van der Waals surface area contributed by atoms with Gasteiger partial charge in [0, 0.05) is 30.8 Å². The molecule has 0 amide bonds. The van der Waals surface area contributed by atoms with Crippen LogP contribution in [0.1, 0.15) is 24.2 Å². The van der Waals surface area contributed by atoms with Crippen LogP contribution >= 0.6 is 0 Å². The van der Waals surface area contributed by atoms with Gasteiger partial charge in [0.05, 0.1) is 27.4 Å². The highest BCUT2D eigenvalue weighted by molar-refractivity contribution is 7.89. The van der Waals surface area contributed by atoms with Crippen molar-refractivity contribution in [3.63, 3.8) is 0 Å². The molecule has 26 heavy (non-hydrogen) atoms. The summed E-state index contributed by atoms with van der Waals surface area (Å²) in [5, 5.41) is 14.1. The van der Waals surface area contributed by atoms with Gasteiger partial charge in [-0.1, -0.05) is 0 Å². The van der Waals surface area contributed by atoms with Crippen LogP contribution in [-0.4, -0.2) is 47.2 Å². The Kier molecular flexibility index (Phi) is 4.05. The van der Waals surface area contributed by atoms with E-state index < -0.39 is 20.5 Å². The third-order valence-corrected chi connectivity index (χ3v) is 7.25. The minimum absolute atomic E-state index is 0.0694. The van der Waals surface area contributed by atoms with Gasteiger partial charge in [-0.2, -0.15) is 4.31 Å².